The molecule has 0 aromatic carbocycles. The Bertz CT molecular complexity index is 65.9. The molecule has 82 valence electrons. The van der Waals surface area contributed by atoms with E-state index in [0.29, 0.717) is 5.88 Å². The van der Waals surface area contributed by atoms with Crippen LogP contribution >= 0.6 is 11.6 Å². The van der Waals surface area contributed by atoms with Gasteiger partial charge in [0.05, 0.1) is 13.2 Å². The van der Waals surface area contributed by atoms with Crippen molar-refractivity contribution in [3.8, 4) is 0 Å². The van der Waals surface area contributed by atoms with E-state index >= 15 is 0 Å². The van der Waals surface area contributed by atoms with Crippen LogP contribution < -0.4 is 0 Å². The lowest BCUT2D eigenvalue weighted by Crippen LogP contribution is -1.85. The van der Waals surface area contributed by atoms with E-state index in [1.807, 2.05) is 13.8 Å². The lowest BCUT2D eigenvalue weighted by atomic mass is 10.8. The SMILES string of the molecule is C=CCCl.CCOCC.OCCO. The van der Waals surface area contributed by atoms with E-state index in [9.17, 15) is 0 Å². The van der Waals surface area contributed by atoms with E-state index in [0.717, 1.165) is 13.2 Å². The fourth-order valence-corrected chi connectivity index (χ4v) is 0.204. The molecule has 0 unspecified atom stereocenters. The van der Waals surface area contributed by atoms with Crippen LogP contribution in [0.4, 0.5) is 0 Å². The molecule has 0 saturated heterocycles. The van der Waals surface area contributed by atoms with Gasteiger partial charge in [-0.05, 0) is 13.8 Å². The maximum Gasteiger partial charge on any atom is 0.0662 e. The van der Waals surface area contributed by atoms with Crippen LogP contribution in [0, 0.1) is 0 Å². The Balaban J connectivity index is -0.000000117. The third-order valence-electron chi connectivity index (χ3n) is 0.617. The highest BCUT2D eigenvalue weighted by Crippen LogP contribution is 1.67. The van der Waals surface area contributed by atoms with Gasteiger partial charge in [0.2, 0.25) is 0 Å². The van der Waals surface area contributed by atoms with Crippen LogP contribution in [0.25, 0.3) is 0 Å². The standard InChI is InChI=1S/C4H10O.C3H5Cl.C2H6O2/c1-3-5-4-2;1-2-3-4;3-1-2-4/h3-4H2,1-2H3;2H,1,3H2;3-4H,1-2H2. The quantitative estimate of drug-likeness (QED) is 0.548. The minimum atomic E-state index is -0.125. The number of hydrogen-bond acceptors (Lipinski definition) is 3. The van der Waals surface area contributed by atoms with Gasteiger partial charge in [-0.2, -0.15) is 0 Å². The average molecular weight is 213 g/mol. The lowest BCUT2D eigenvalue weighted by molar-refractivity contribution is 0.162. The van der Waals surface area contributed by atoms with Crippen LogP contribution in [0.1, 0.15) is 13.8 Å². The Hall–Kier alpha value is -0.0900. The fourth-order valence-electron chi connectivity index (χ4n) is 0.204. The largest absolute Gasteiger partial charge is 0.394 e. The summed E-state index contributed by atoms with van der Waals surface area (Å²) in [6.45, 7) is 8.76. The van der Waals surface area contributed by atoms with Crippen molar-refractivity contribution in [2.75, 3.05) is 32.3 Å². The molecule has 0 fully saturated rings. The normalized spacial score (nSPS) is 7.46. The molecule has 0 aliphatic rings. The zero-order chi connectivity index (χ0) is 10.9. The van der Waals surface area contributed by atoms with Gasteiger partial charge in [0, 0.05) is 19.1 Å². The third-order valence-corrected chi connectivity index (χ3v) is 0.836. The Morgan fingerprint density at radius 1 is 1.23 bits per heavy atom. The molecule has 0 spiro atoms. The number of ether oxygens (including phenoxy) is 1. The molecule has 0 aromatic rings. The molecule has 0 heterocycles. The number of allylic oxidation sites excluding steroid dienone is 1. The van der Waals surface area contributed by atoms with Crippen molar-refractivity contribution in [1.29, 1.82) is 0 Å². The minimum Gasteiger partial charge on any atom is -0.394 e. The molecule has 0 aliphatic heterocycles. The minimum absolute atomic E-state index is 0.125. The van der Waals surface area contributed by atoms with Crippen LogP contribution in [0.5, 0.6) is 0 Å². The van der Waals surface area contributed by atoms with Gasteiger partial charge in [-0.15, -0.1) is 18.2 Å². The molecule has 2 N–H and O–H groups in total. The predicted octanol–water partition coefficient (Wildman–Crippen LogP) is 1.42. The molecule has 0 aliphatic carbocycles. The zero-order valence-corrected chi connectivity index (χ0v) is 9.26. The number of hydrogen-bond donors (Lipinski definition) is 2. The second-order valence-corrected chi connectivity index (χ2v) is 1.98. The number of rotatable bonds is 4. The van der Waals surface area contributed by atoms with Crippen LogP contribution in [0.2, 0.25) is 0 Å². The molecular weight excluding hydrogens is 192 g/mol. The molecule has 0 amide bonds. The van der Waals surface area contributed by atoms with Gasteiger partial charge in [0.15, 0.2) is 0 Å². The van der Waals surface area contributed by atoms with Crippen molar-refractivity contribution >= 4 is 11.6 Å². The molecule has 13 heavy (non-hydrogen) atoms. The number of halogens is 1. The van der Waals surface area contributed by atoms with Crippen LogP contribution in [-0.2, 0) is 4.74 Å². The van der Waals surface area contributed by atoms with Gasteiger partial charge >= 0.3 is 0 Å². The first kappa shape index (κ1) is 18.6. The summed E-state index contributed by atoms with van der Waals surface area (Å²) >= 11 is 5.07. The fraction of sp³-hybridized carbons (Fsp3) is 0.778. The second kappa shape index (κ2) is 29.7. The van der Waals surface area contributed by atoms with E-state index in [1.54, 1.807) is 6.08 Å². The van der Waals surface area contributed by atoms with Gasteiger partial charge in [-0.1, -0.05) is 6.08 Å². The molecular formula is C9H21ClO3. The van der Waals surface area contributed by atoms with Gasteiger partial charge in [-0.3, -0.25) is 0 Å². The van der Waals surface area contributed by atoms with E-state index in [1.165, 1.54) is 0 Å². The smallest absolute Gasteiger partial charge is 0.0662 e. The monoisotopic (exact) mass is 212 g/mol. The molecule has 0 bridgehead atoms. The van der Waals surface area contributed by atoms with Gasteiger partial charge in [-0.25, -0.2) is 0 Å². The van der Waals surface area contributed by atoms with Crippen molar-refractivity contribution in [2.45, 2.75) is 13.8 Å². The predicted molar refractivity (Wildman–Crippen MR) is 57.3 cm³/mol. The highest BCUT2D eigenvalue weighted by molar-refractivity contribution is 6.18. The highest BCUT2D eigenvalue weighted by Gasteiger charge is 1.64. The molecule has 0 atom stereocenters. The van der Waals surface area contributed by atoms with E-state index in [-0.39, 0.29) is 13.2 Å². The number of aliphatic hydroxyl groups is 2. The molecule has 3 nitrogen and oxygen atoms in total. The van der Waals surface area contributed by atoms with Gasteiger partial charge in [0.25, 0.3) is 0 Å². The van der Waals surface area contributed by atoms with Crippen molar-refractivity contribution in [2.24, 2.45) is 0 Å². The topological polar surface area (TPSA) is 49.7 Å². The summed E-state index contributed by atoms with van der Waals surface area (Å²) in [5, 5.41) is 15.2. The van der Waals surface area contributed by atoms with Crippen molar-refractivity contribution in [3.63, 3.8) is 0 Å². The Kier molecular flexibility index (Phi) is 42.6. The Morgan fingerprint density at radius 2 is 1.54 bits per heavy atom. The number of aliphatic hydroxyl groups excluding tert-OH is 2. The Morgan fingerprint density at radius 3 is 1.54 bits per heavy atom. The maximum absolute atomic E-state index is 7.62. The van der Waals surface area contributed by atoms with E-state index in [2.05, 4.69) is 6.58 Å². The van der Waals surface area contributed by atoms with E-state index in [4.69, 9.17) is 26.6 Å². The zero-order valence-electron chi connectivity index (χ0n) is 8.50. The Labute approximate surface area is 86.0 Å². The maximum atomic E-state index is 7.62. The van der Waals surface area contributed by atoms with Gasteiger partial charge < -0.3 is 14.9 Å². The summed E-state index contributed by atoms with van der Waals surface area (Å²) in [6.07, 6.45) is 1.64. The summed E-state index contributed by atoms with van der Waals surface area (Å²) in [6, 6.07) is 0. The average Bonchev–Trinajstić information content (AvgIpc) is 2.20. The molecule has 0 rings (SSSR count). The summed E-state index contributed by atoms with van der Waals surface area (Å²) < 4.78 is 4.83. The molecule has 0 aromatic heterocycles. The first-order valence-electron chi connectivity index (χ1n) is 4.21. The summed E-state index contributed by atoms with van der Waals surface area (Å²) in [7, 11) is 0. The van der Waals surface area contributed by atoms with Crippen LogP contribution in [-0.4, -0.2) is 42.5 Å². The molecule has 0 saturated carbocycles. The third kappa shape index (κ3) is 76.5. The number of alkyl halides is 1. The van der Waals surface area contributed by atoms with Gasteiger partial charge in [0.1, 0.15) is 0 Å². The van der Waals surface area contributed by atoms with Crippen molar-refractivity contribution in [3.05, 3.63) is 12.7 Å². The summed E-state index contributed by atoms with van der Waals surface area (Å²) in [5.74, 6) is 0.556. The van der Waals surface area contributed by atoms with E-state index < -0.39 is 0 Å². The molecule has 0 radical (unpaired) electrons. The molecule has 4 heteroatoms. The summed E-state index contributed by atoms with van der Waals surface area (Å²) in [4.78, 5) is 0. The second-order valence-electron chi connectivity index (χ2n) is 1.67. The highest BCUT2D eigenvalue weighted by atomic mass is 35.5. The first-order chi connectivity index (χ1) is 6.24. The van der Waals surface area contributed by atoms with Crippen LogP contribution in [0.15, 0.2) is 12.7 Å². The summed E-state index contributed by atoms with van der Waals surface area (Å²) in [5.41, 5.74) is 0. The first-order valence-corrected chi connectivity index (χ1v) is 4.74. The van der Waals surface area contributed by atoms with Crippen molar-refractivity contribution < 1.29 is 14.9 Å². The van der Waals surface area contributed by atoms with Crippen molar-refractivity contribution in [1.82, 2.24) is 0 Å². The van der Waals surface area contributed by atoms with Crippen LogP contribution in [0.3, 0.4) is 0 Å². The lowest BCUT2D eigenvalue weighted by Gasteiger charge is -1.86.